The maximum atomic E-state index is 5.11. The SMILES string of the molecule is Cc1ccc(C2=Nn3c(nnc3-c3ccc(C)cc3)Cc3c2[nH]c2ccccc32)cc1. The zero-order valence-electron chi connectivity index (χ0n) is 17.4. The van der Waals surface area contributed by atoms with E-state index in [0.29, 0.717) is 6.42 Å². The summed E-state index contributed by atoms with van der Waals surface area (Å²) in [6, 6.07) is 25.2. The molecule has 0 spiro atoms. The summed E-state index contributed by atoms with van der Waals surface area (Å²) in [7, 11) is 0. The molecule has 0 fully saturated rings. The van der Waals surface area contributed by atoms with E-state index in [1.54, 1.807) is 0 Å². The van der Waals surface area contributed by atoms with Gasteiger partial charge in [-0.15, -0.1) is 10.2 Å². The van der Waals surface area contributed by atoms with E-state index in [-0.39, 0.29) is 0 Å². The zero-order valence-corrected chi connectivity index (χ0v) is 17.4. The third kappa shape index (κ3) is 2.89. The topological polar surface area (TPSA) is 58.9 Å². The second-order valence-electron chi connectivity index (χ2n) is 8.13. The highest BCUT2D eigenvalue weighted by Gasteiger charge is 2.25. The fourth-order valence-electron chi connectivity index (χ4n) is 4.22. The van der Waals surface area contributed by atoms with Crippen molar-refractivity contribution in [3.05, 3.63) is 107 Å². The molecule has 0 saturated carbocycles. The van der Waals surface area contributed by atoms with Crippen LogP contribution < -0.4 is 0 Å². The summed E-state index contributed by atoms with van der Waals surface area (Å²) in [6.45, 7) is 4.18. The highest BCUT2D eigenvalue weighted by Crippen LogP contribution is 2.31. The molecule has 0 unspecified atom stereocenters. The molecule has 3 heterocycles. The maximum absolute atomic E-state index is 5.11. The van der Waals surface area contributed by atoms with Crippen molar-refractivity contribution in [2.75, 3.05) is 0 Å². The molecule has 0 saturated heterocycles. The van der Waals surface area contributed by atoms with Crippen molar-refractivity contribution in [1.82, 2.24) is 19.9 Å². The number of para-hydroxylation sites is 1. The molecule has 5 heteroatoms. The van der Waals surface area contributed by atoms with Gasteiger partial charge in [0.15, 0.2) is 11.6 Å². The number of nitrogens with one attached hydrogen (secondary N) is 1. The molecule has 31 heavy (non-hydrogen) atoms. The first-order chi connectivity index (χ1) is 15.2. The van der Waals surface area contributed by atoms with Gasteiger partial charge in [0.2, 0.25) is 0 Å². The van der Waals surface area contributed by atoms with Gasteiger partial charge < -0.3 is 4.98 Å². The third-order valence-corrected chi connectivity index (χ3v) is 5.93. The van der Waals surface area contributed by atoms with Crippen molar-refractivity contribution in [2.45, 2.75) is 20.3 Å². The predicted octanol–water partition coefficient (Wildman–Crippen LogP) is 5.25. The summed E-state index contributed by atoms with van der Waals surface area (Å²) in [5.74, 6) is 1.60. The number of aromatic nitrogens is 4. The Balaban J connectivity index is 1.62. The van der Waals surface area contributed by atoms with Gasteiger partial charge in [-0.05, 0) is 25.5 Å². The Morgan fingerprint density at radius 2 is 1.45 bits per heavy atom. The van der Waals surface area contributed by atoms with Gasteiger partial charge in [0.05, 0.1) is 5.69 Å². The fourth-order valence-corrected chi connectivity index (χ4v) is 4.22. The molecule has 0 amide bonds. The van der Waals surface area contributed by atoms with Gasteiger partial charge in [0.25, 0.3) is 0 Å². The molecule has 1 aliphatic heterocycles. The van der Waals surface area contributed by atoms with E-state index in [9.17, 15) is 0 Å². The second kappa shape index (κ2) is 6.77. The molecule has 0 aliphatic carbocycles. The van der Waals surface area contributed by atoms with Crippen molar-refractivity contribution in [1.29, 1.82) is 0 Å². The van der Waals surface area contributed by atoms with Crippen LogP contribution in [-0.2, 0) is 6.42 Å². The van der Waals surface area contributed by atoms with Crippen molar-refractivity contribution < 1.29 is 0 Å². The van der Waals surface area contributed by atoms with Gasteiger partial charge in [0.1, 0.15) is 5.71 Å². The van der Waals surface area contributed by atoms with E-state index in [2.05, 4.69) is 102 Å². The molecule has 5 nitrogen and oxygen atoms in total. The molecular formula is C26H21N5. The van der Waals surface area contributed by atoms with E-state index in [4.69, 9.17) is 5.10 Å². The smallest absolute Gasteiger partial charge is 0.185 e. The zero-order chi connectivity index (χ0) is 20.9. The Bertz CT molecular complexity index is 1450. The van der Waals surface area contributed by atoms with Gasteiger partial charge in [-0.3, -0.25) is 0 Å². The summed E-state index contributed by atoms with van der Waals surface area (Å²) in [6.07, 6.45) is 0.664. The number of aryl methyl sites for hydroxylation is 2. The van der Waals surface area contributed by atoms with Crippen LogP contribution in [-0.4, -0.2) is 25.6 Å². The minimum Gasteiger partial charge on any atom is -0.353 e. The fraction of sp³-hybridized carbons (Fsp3) is 0.115. The van der Waals surface area contributed by atoms with Crippen LogP contribution in [0.25, 0.3) is 22.3 Å². The average molecular weight is 403 g/mol. The summed E-state index contributed by atoms with van der Waals surface area (Å²) in [5.41, 5.74) is 8.77. The second-order valence-corrected chi connectivity index (χ2v) is 8.13. The van der Waals surface area contributed by atoms with Crippen LogP contribution in [0.4, 0.5) is 0 Å². The lowest BCUT2D eigenvalue weighted by atomic mass is 10.00. The van der Waals surface area contributed by atoms with Crippen LogP contribution in [0.5, 0.6) is 0 Å². The molecule has 0 radical (unpaired) electrons. The van der Waals surface area contributed by atoms with E-state index in [1.165, 1.54) is 22.1 Å². The Labute approximate surface area is 180 Å². The lowest BCUT2D eigenvalue weighted by molar-refractivity contribution is 0.813. The molecule has 1 N–H and O–H groups in total. The number of rotatable bonds is 2. The number of hydrogen-bond acceptors (Lipinski definition) is 3. The van der Waals surface area contributed by atoms with E-state index >= 15 is 0 Å². The van der Waals surface area contributed by atoms with Crippen LogP contribution in [0.15, 0.2) is 77.9 Å². The van der Waals surface area contributed by atoms with Crippen LogP contribution in [0, 0.1) is 13.8 Å². The highest BCUT2D eigenvalue weighted by atomic mass is 15.5. The summed E-state index contributed by atoms with van der Waals surface area (Å²) in [5, 5.41) is 15.4. The van der Waals surface area contributed by atoms with Gasteiger partial charge in [-0.25, -0.2) is 0 Å². The van der Waals surface area contributed by atoms with Gasteiger partial charge in [-0.1, -0.05) is 77.9 Å². The number of benzene rings is 3. The molecule has 2 aromatic heterocycles. The van der Waals surface area contributed by atoms with Crippen molar-refractivity contribution in [3.8, 4) is 11.4 Å². The number of aromatic amines is 1. The quantitative estimate of drug-likeness (QED) is 0.429. The lowest BCUT2D eigenvalue weighted by Crippen LogP contribution is -2.07. The van der Waals surface area contributed by atoms with Crippen molar-refractivity contribution in [2.24, 2.45) is 5.10 Å². The van der Waals surface area contributed by atoms with Crippen molar-refractivity contribution >= 4 is 16.6 Å². The first-order valence-corrected chi connectivity index (χ1v) is 10.4. The first-order valence-electron chi connectivity index (χ1n) is 10.4. The molecule has 3 aromatic carbocycles. The molecule has 150 valence electrons. The van der Waals surface area contributed by atoms with E-state index in [1.807, 2.05) is 4.68 Å². The summed E-state index contributed by atoms with van der Waals surface area (Å²) in [4.78, 5) is 3.62. The van der Waals surface area contributed by atoms with Crippen LogP contribution in [0.3, 0.4) is 0 Å². The maximum Gasteiger partial charge on any atom is 0.185 e. The van der Waals surface area contributed by atoms with E-state index in [0.717, 1.165) is 39.7 Å². The Morgan fingerprint density at radius 1 is 0.774 bits per heavy atom. The molecule has 0 atom stereocenters. The Kier molecular flexibility index (Phi) is 3.90. The number of fused-ring (bicyclic) bond motifs is 4. The Morgan fingerprint density at radius 3 is 2.19 bits per heavy atom. The van der Waals surface area contributed by atoms with Crippen LogP contribution >= 0.6 is 0 Å². The number of H-pyrrole nitrogens is 1. The van der Waals surface area contributed by atoms with Crippen LogP contribution in [0.1, 0.15) is 33.8 Å². The minimum atomic E-state index is 0.664. The number of hydrogen-bond donors (Lipinski definition) is 1. The highest BCUT2D eigenvalue weighted by molar-refractivity contribution is 6.15. The first kappa shape index (κ1) is 17.8. The van der Waals surface area contributed by atoms with Gasteiger partial charge in [0, 0.05) is 28.5 Å². The molecule has 0 bridgehead atoms. The molecular weight excluding hydrogens is 382 g/mol. The predicted molar refractivity (Wildman–Crippen MR) is 124 cm³/mol. The van der Waals surface area contributed by atoms with E-state index < -0.39 is 0 Å². The molecule has 6 rings (SSSR count). The Hall–Kier alpha value is -3.99. The monoisotopic (exact) mass is 403 g/mol. The van der Waals surface area contributed by atoms with Gasteiger partial charge >= 0.3 is 0 Å². The summed E-state index contributed by atoms with van der Waals surface area (Å²) >= 11 is 0. The van der Waals surface area contributed by atoms with Crippen molar-refractivity contribution in [3.63, 3.8) is 0 Å². The van der Waals surface area contributed by atoms with Gasteiger partial charge in [-0.2, -0.15) is 9.78 Å². The number of nitrogens with zero attached hydrogens (tertiary/aromatic N) is 4. The summed E-state index contributed by atoms with van der Waals surface area (Å²) < 4.78 is 1.91. The minimum absolute atomic E-state index is 0.664. The molecule has 1 aliphatic rings. The molecule has 5 aromatic rings. The standard InChI is InChI=1S/C26H21N5/c1-16-7-11-18(12-8-16)24-25-21(20-5-3-4-6-22(20)27-25)15-23-28-29-26(31(23)30-24)19-13-9-17(2)10-14-19/h3-14,27H,15H2,1-2H3. The van der Waals surface area contributed by atoms with Crippen LogP contribution in [0.2, 0.25) is 0 Å². The largest absolute Gasteiger partial charge is 0.353 e. The lowest BCUT2D eigenvalue weighted by Gasteiger charge is -2.08. The normalized spacial score (nSPS) is 12.9. The third-order valence-electron chi connectivity index (χ3n) is 5.93. The average Bonchev–Trinajstić information content (AvgIpc) is 3.31.